The van der Waals surface area contributed by atoms with Crippen molar-refractivity contribution in [1.82, 2.24) is 10.2 Å². The van der Waals surface area contributed by atoms with Crippen molar-refractivity contribution >= 4 is 17.8 Å². The van der Waals surface area contributed by atoms with Crippen LogP contribution in [0.4, 0.5) is 0 Å². The number of carbonyl (C=O) groups excluding carboxylic acids is 2. The van der Waals surface area contributed by atoms with Gasteiger partial charge in [-0.3, -0.25) is 9.59 Å². The predicted octanol–water partition coefficient (Wildman–Crippen LogP) is 3.92. The summed E-state index contributed by atoms with van der Waals surface area (Å²) in [6, 6.07) is 7.91. The number of likely N-dealkylation sites (tertiary alicyclic amines) is 1. The van der Waals surface area contributed by atoms with E-state index in [1.165, 1.54) is 0 Å². The number of carboxylic acids is 1. The monoisotopic (exact) mass is 518 g/mol. The number of amides is 2. The third-order valence-corrected chi connectivity index (χ3v) is 8.08. The van der Waals surface area contributed by atoms with Crippen LogP contribution in [0.3, 0.4) is 0 Å². The highest BCUT2D eigenvalue weighted by atomic mass is 16.5. The summed E-state index contributed by atoms with van der Waals surface area (Å²) in [5, 5.41) is 12.4. The van der Waals surface area contributed by atoms with Crippen molar-refractivity contribution in [2.24, 2.45) is 17.8 Å². The number of carbonyl (C=O) groups is 3. The van der Waals surface area contributed by atoms with E-state index in [0.29, 0.717) is 24.8 Å². The van der Waals surface area contributed by atoms with Crippen LogP contribution >= 0.6 is 0 Å². The lowest BCUT2D eigenvalue weighted by Gasteiger charge is -2.36. The third-order valence-electron chi connectivity index (χ3n) is 8.08. The average Bonchev–Trinajstić information content (AvgIpc) is 3.38. The Balaban J connectivity index is 2.10. The molecule has 0 radical (unpaired) electrons. The number of rotatable bonds is 15. The van der Waals surface area contributed by atoms with E-state index < -0.39 is 29.9 Å². The lowest BCUT2D eigenvalue weighted by Crippen LogP contribution is -2.52. The van der Waals surface area contributed by atoms with Gasteiger partial charge in [-0.1, -0.05) is 70.9 Å². The first-order valence-corrected chi connectivity index (χ1v) is 13.6. The molecule has 0 spiro atoms. The minimum Gasteiger partial charge on any atom is -0.480 e. The van der Waals surface area contributed by atoms with E-state index in [1.54, 1.807) is 21.1 Å². The van der Waals surface area contributed by atoms with Gasteiger partial charge in [-0.2, -0.15) is 0 Å². The number of benzene rings is 1. The Morgan fingerprint density at radius 1 is 1.08 bits per heavy atom. The lowest BCUT2D eigenvalue weighted by molar-refractivity contribution is -0.145. The minimum atomic E-state index is -1.09. The quantitative estimate of drug-likeness (QED) is 0.365. The first-order chi connectivity index (χ1) is 17.7. The summed E-state index contributed by atoms with van der Waals surface area (Å²) in [5.74, 6) is -1.37. The van der Waals surface area contributed by atoms with Crippen molar-refractivity contribution in [1.29, 1.82) is 0 Å². The number of ether oxygens (including phenoxy) is 2. The van der Waals surface area contributed by atoms with Crippen molar-refractivity contribution in [3.63, 3.8) is 0 Å². The standard InChI is InChI=1S/C29H46N2O6/c1-7-19(3)22(8-2)25(36-5)18-26(32)31-16-12-15-24(31)27(37-6)20(4)28(33)30-23(29(34)35)17-21-13-10-9-11-14-21/h9-11,13-14,19-20,22-25,27H,7-8,12,15-18H2,1-6H3,(H,30,33)(H,34,35)/t19-,20+,22?,23-,24-,25+,27+/m0/s1. The highest BCUT2D eigenvalue weighted by Gasteiger charge is 2.41. The van der Waals surface area contributed by atoms with Gasteiger partial charge in [0.1, 0.15) is 6.04 Å². The van der Waals surface area contributed by atoms with Crippen LogP contribution in [0, 0.1) is 17.8 Å². The maximum absolute atomic E-state index is 13.5. The molecule has 8 nitrogen and oxygen atoms in total. The number of hydrogen-bond donors (Lipinski definition) is 2. The highest BCUT2D eigenvalue weighted by molar-refractivity contribution is 5.85. The molecule has 1 aromatic carbocycles. The molecular weight excluding hydrogens is 472 g/mol. The molecule has 1 aliphatic heterocycles. The number of hydrogen-bond acceptors (Lipinski definition) is 5. The van der Waals surface area contributed by atoms with Gasteiger partial charge in [0, 0.05) is 27.2 Å². The van der Waals surface area contributed by atoms with Crippen LogP contribution in [0.5, 0.6) is 0 Å². The van der Waals surface area contributed by atoms with Gasteiger partial charge in [0.15, 0.2) is 0 Å². The first kappa shape index (κ1) is 30.8. The first-order valence-electron chi connectivity index (χ1n) is 13.6. The molecule has 0 aromatic heterocycles. The molecule has 1 aliphatic rings. The van der Waals surface area contributed by atoms with E-state index in [9.17, 15) is 19.5 Å². The zero-order chi connectivity index (χ0) is 27.5. The maximum Gasteiger partial charge on any atom is 0.326 e. The van der Waals surface area contributed by atoms with Crippen molar-refractivity contribution in [2.75, 3.05) is 20.8 Å². The fraction of sp³-hybridized carbons (Fsp3) is 0.690. The summed E-state index contributed by atoms with van der Waals surface area (Å²) in [7, 11) is 3.21. The number of nitrogens with zero attached hydrogens (tertiary/aromatic N) is 1. The van der Waals surface area contributed by atoms with Gasteiger partial charge in [0.2, 0.25) is 11.8 Å². The summed E-state index contributed by atoms with van der Waals surface area (Å²) in [5.41, 5.74) is 0.828. The molecule has 7 atom stereocenters. The average molecular weight is 519 g/mol. The SMILES string of the molecule is CCC([C@@H](C)CC)[C@@H](CC(=O)N1CCC[C@H]1[C@H](OC)[C@@H](C)C(=O)N[C@@H](Cc1ccccc1)C(=O)O)OC. The van der Waals surface area contributed by atoms with Gasteiger partial charge >= 0.3 is 5.97 Å². The molecule has 1 fully saturated rings. The van der Waals surface area contributed by atoms with Gasteiger partial charge in [-0.05, 0) is 30.2 Å². The van der Waals surface area contributed by atoms with Crippen LogP contribution in [-0.2, 0) is 30.3 Å². The van der Waals surface area contributed by atoms with E-state index in [1.807, 2.05) is 35.2 Å². The number of carboxylic acid groups (broad SMARTS) is 1. The van der Waals surface area contributed by atoms with Crippen molar-refractivity contribution < 1.29 is 29.0 Å². The number of methoxy groups -OCH3 is 2. The van der Waals surface area contributed by atoms with Gasteiger partial charge < -0.3 is 24.8 Å². The highest BCUT2D eigenvalue weighted by Crippen LogP contribution is 2.30. The van der Waals surface area contributed by atoms with Crippen molar-refractivity contribution in [2.45, 2.75) is 90.5 Å². The molecule has 1 saturated heterocycles. The molecule has 2 rings (SSSR count). The second-order valence-electron chi connectivity index (χ2n) is 10.3. The van der Waals surface area contributed by atoms with Crippen LogP contribution in [0.15, 0.2) is 30.3 Å². The molecule has 0 bridgehead atoms. The van der Waals surface area contributed by atoms with E-state index >= 15 is 0 Å². The fourth-order valence-corrected chi connectivity index (χ4v) is 5.67. The Hall–Kier alpha value is -2.45. The molecule has 1 unspecified atom stereocenters. The topological polar surface area (TPSA) is 105 Å². The number of nitrogens with one attached hydrogen (secondary N) is 1. The summed E-state index contributed by atoms with van der Waals surface area (Å²) in [4.78, 5) is 40.3. The summed E-state index contributed by atoms with van der Waals surface area (Å²) in [6.45, 7) is 8.84. The normalized spacial score (nSPS) is 20.5. The molecule has 1 heterocycles. The lowest BCUT2D eigenvalue weighted by atomic mass is 9.83. The maximum atomic E-state index is 13.5. The van der Waals surface area contributed by atoms with Crippen LogP contribution in [0.2, 0.25) is 0 Å². The molecule has 8 heteroatoms. The molecule has 2 N–H and O–H groups in total. The Morgan fingerprint density at radius 2 is 1.76 bits per heavy atom. The number of aliphatic carboxylic acids is 1. The Kier molecular flexibility index (Phi) is 12.5. The van der Waals surface area contributed by atoms with E-state index in [2.05, 4.69) is 26.1 Å². The predicted molar refractivity (Wildman–Crippen MR) is 143 cm³/mol. The molecule has 0 aliphatic carbocycles. The summed E-state index contributed by atoms with van der Waals surface area (Å²) < 4.78 is 11.6. The van der Waals surface area contributed by atoms with Crippen molar-refractivity contribution in [3.8, 4) is 0 Å². The second kappa shape index (κ2) is 15.1. The van der Waals surface area contributed by atoms with E-state index in [0.717, 1.165) is 31.2 Å². The molecule has 0 saturated carbocycles. The summed E-state index contributed by atoms with van der Waals surface area (Å²) >= 11 is 0. The van der Waals surface area contributed by atoms with Gasteiger partial charge in [0.05, 0.1) is 30.6 Å². The van der Waals surface area contributed by atoms with E-state index in [4.69, 9.17) is 9.47 Å². The largest absolute Gasteiger partial charge is 0.480 e. The molecule has 1 aromatic rings. The van der Waals surface area contributed by atoms with Gasteiger partial charge in [-0.15, -0.1) is 0 Å². The Bertz CT molecular complexity index is 863. The molecule has 2 amide bonds. The fourth-order valence-electron chi connectivity index (χ4n) is 5.67. The third kappa shape index (κ3) is 8.27. The molecule has 37 heavy (non-hydrogen) atoms. The second-order valence-corrected chi connectivity index (χ2v) is 10.3. The summed E-state index contributed by atoms with van der Waals surface area (Å²) in [6.07, 6.45) is 3.30. The Morgan fingerprint density at radius 3 is 2.30 bits per heavy atom. The van der Waals surface area contributed by atoms with Crippen LogP contribution < -0.4 is 5.32 Å². The van der Waals surface area contributed by atoms with Gasteiger partial charge in [-0.25, -0.2) is 4.79 Å². The Labute approximate surface area is 222 Å². The smallest absolute Gasteiger partial charge is 0.326 e. The zero-order valence-corrected chi connectivity index (χ0v) is 23.3. The van der Waals surface area contributed by atoms with Crippen LogP contribution in [0.25, 0.3) is 0 Å². The molecular formula is C29H46N2O6. The molecule has 208 valence electrons. The van der Waals surface area contributed by atoms with E-state index in [-0.39, 0.29) is 24.5 Å². The zero-order valence-electron chi connectivity index (χ0n) is 23.3. The van der Waals surface area contributed by atoms with Crippen LogP contribution in [-0.4, -0.2) is 72.8 Å². The van der Waals surface area contributed by atoms with Gasteiger partial charge in [0.25, 0.3) is 0 Å². The minimum absolute atomic E-state index is 0.0123. The van der Waals surface area contributed by atoms with Crippen LogP contribution in [0.1, 0.15) is 65.4 Å². The van der Waals surface area contributed by atoms with Crippen molar-refractivity contribution in [3.05, 3.63) is 35.9 Å².